The van der Waals surface area contributed by atoms with Crippen LogP contribution < -0.4 is 42.4 Å². The van der Waals surface area contributed by atoms with Gasteiger partial charge in [0.1, 0.15) is 0 Å². The molecule has 0 saturated carbocycles. The number of aromatic hydroxyl groups is 1. The van der Waals surface area contributed by atoms with Gasteiger partial charge < -0.3 is 0 Å². The zero-order valence-corrected chi connectivity index (χ0v) is 24.7. The number of aliphatic hydroxyl groups excluding tert-OH is 1. The van der Waals surface area contributed by atoms with Crippen LogP contribution in [-0.4, -0.2) is 74.7 Å². The molecule has 4 aliphatic rings. The van der Waals surface area contributed by atoms with Crippen molar-refractivity contribution < 1.29 is 61.4 Å². The molecule has 7 rings (SSSR count). The Morgan fingerprint density at radius 1 is 1.15 bits per heavy atom. The van der Waals surface area contributed by atoms with Crippen LogP contribution in [0.4, 0.5) is 16.2 Å². The number of ether oxygens (including phenoxy) is 1. The van der Waals surface area contributed by atoms with Crippen LogP contribution in [0.1, 0.15) is 5.76 Å². The Labute approximate surface area is 254 Å². The molecule has 0 radical (unpaired) electrons. The van der Waals surface area contributed by atoms with Gasteiger partial charge in [-0.3, -0.25) is 0 Å². The number of hydrogen-bond donors (Lipinski definition) is 12. The second kappa shape index (κ2) is 10.4. The number of furan rings is 1. The second-order valence-corrected chi connectivity index (χ2v) is 13.0. The van der Waals surface area contributed by atoms with Crippen LogP contribution in [0.25, 0.3) is 17.0 Å². The number of hydrogen-bond acceptors (Lipinski definition) is 21. The Morgan fingerprint density at radius 3 is 2.72 bits per heavy atom. The molecule has 0 aromatic carbocycles. The number of aliphatic hydroxyl groups is 1. The number of halogens is 1. The van der Waals surface area contributed by atoms with Crippen LogP contribution in [0, 0.1) is 0 Å². The summed E-state index contributed by atoms with van der Waals surface area (Å²) in [4.78, 5) is 66.5. The molecule has 3 aromatic rings. The van der Waals surface area contributed by atoms with Crippen LogP contribution in [0.15, 0.2) is 44.8 Å². The zero-order valence-electron chi connectivity index (χ0n) is 22.7. The first-order valence-corrected chi connectivity index (χ1v) is 16.3. The summed E-state index contributed by atoms with van der Waals surface area (Å²) in [6.07, 6.45) is -3.23. The van der Waals surface area contributed by atoms with Crippen LogP contribution in [-0.2, 0) is 24.9 Å². The molecule has 23 nitrogen and oxygen atoms in total. The summed E-state index contributed by atoms with van der Waals surface area (Å²) >= 11 is 0. The number of fused-ring (bicyclic) bond motifs is 5. The molecule has 3 atom stereocenters. The number of nitrogens with one attached hydrogen (secondary N) is 4. The molecule has 0 aliphatic carbocycles. The van der Waals surface area contributed by atoms with Gasteiger partial charge in [-0.15, -0.1) is 0 Å². The molecule has 2 unspecified atom stereocenters. The number of nitrogen functional groups attached to an aromatic ring is 1. The number of nitrogens with two attached hydrogens (primary N) is 2. The molecule has 26 heteroatoms. The molecule has 3 aromatic heterocycles. The van der Waals surface area contributed by atoms with Crippen molar-refractivity contribution in [2.24, 2.45) is 5.73 Å². The van der Waals surface area contributed by atoms with Gasteiger partial charge in [0, 0.05) is 0 Å². The van der Waals surface area contributed by atoms with E-state index >= 15 is 0 Å². The van der Waals surface area contributed by atoms with Gasteiger partial charge in [-0.05, 0) is 0 Å². The first-order valence-electron chi connectivity index (χ1n) is 12.9. The number of alkyl halides is 1. The summed E-state index contributed by atoms with van der Waals surface area (Å²) in [5.74, 6) is -4.72. The SMILES string of the molecule is NC1=C2NCN(c3oc4c(c3O)O[PH](O)(O)O/C=C3/OC(n5cnc6c(=O)[nH]c(N)nc65)=C(O[PH](O)(O)OC4)[C@@H]3O)C2NC(F)N1. The third-order valence-corrected chi connectivity index (χ3v) is 8.74. The normalized spacial score (nSPS) is 27.9. The summed E-state index contributed by atoms with van der Waals surface area (Å²) in [5, 5.41) is 29.7. The van der Waals surface area contributed by atoms with E-state index in [9.17, 15) is 39.0 Å². The number of aromatic amines is 1. The monoisotopic (exact) mass is 694 g/mol. The Kier molecular flexibility index (Phi) is 6.82. The van der Waals surface area contributed by atoms with Gasteiger partial charge in [-0.25, -0.2) is 0 Å². The fourth-order valence-electron chi connectivity index (χ4n) is 4.87. The number of nitrogens with zero attached hydrogens (tertiary/aromatic N) is 4. The molecule has 0 spiro atoms. The Hall–Kier alpha value is -4.64. The molecular formula is C20H25FN10O13P2. The van der Waals surface area contributed by atoms with Crippen molar-refractivity contribution in [2.45, 2.75) is 25.3 Å². The molecule has 0 amide bonds. The van der Waals surface area contributed by atoms with Gasteiger partial charge in [-0.2, -0.15) is 0 Å². The van der Waals surface area contributed by atoms with E-state index in [2.05, 4.69) is 30.9 Å². The van der Waals surface area contributed by atoms with Crippen molar-refractivity contribution in [1.29, 1.82) is 0 Å². The van der Waals surface area contributed by atoms with Gasteiger partial charge in [0.05, 0.1) is 0 Å². The first-order chi connectivity index (χ1) is 21.7. The maximum absolute atomic E-state index is 14.2. The molecule has 250 valence electrons. The maximum atomic E-state index is 14.2. The topological polar surface area (TPSA) is 336 Å². The Bertz CT molecular complexity index is 1910. The summed E-state index contributed by atoms with van der Waals surface area (Å²) in [5.41, 5.74) is 10.6. The van der Waals surface area contributed by atoms with Crippen molar-refractivity contribution in [2.75, 3.05) is 17.3 Å². The van der Waals surface area contributed by atoms with Gasteiger partial charge in [0.25, 0.3) is 0 Å². The van der Waals surface area contributed by atoms with Crippen LogP contribution in [0.2, 0.25) is 0 Å². The minimum absolute atomic E-state index is 0.0335. The zero-order chi connectivity index (χ0) is 32.7. The van der Waals surface area contributed by atoms with E-state index in [-0.39, 0.29) is 29.6 Å². The summed E-state index contributed by atoms with van der Waals surface area (Å²) < 4.78 is 47.0. The number of H-pyrrole nitrogens is 1. The van der Waals surface area contributed by atoms with E-state index in [0.29, 0.717) is 12.0 Å². The van der Waals surface area contributed by atoms with Gasteiger partial charge in [0.2, 0.25) is 0 Å². The molecule has 1 saturated heterocycles. The van der Waals surface area contributed by atoms with E-state index in [1.54, 1.807) is 0 Å². The van der Waals surface area contributed by atoms with Gasteiger partial charge >= 0.3 is 254 Å². The molecule has 7 heterocycles. The van der Waals surface area contributed by atoms with Crippen molar-refractivity contribution >= 4 is 45.2 Å². The second-order valence-electron chi connectivity index (χ2n) is 9.86. The third kappa shape index (κ3) is 5.02. The van der Waals surface area contributed by atoms with E-state index in [0.717, 1.165) is 10.9 Å². The number of aromatic nitrogens is 4. The van der Waals surface area contributed by atoms with Gasteiger partial charge in [-0.1, -0.05) is 0 Å². The van der Waals surface area contributed by atoms with Crippen molar-refractivity contribution in [3.05, 3.63) is 51.7 Å². The van der Waals surface area contributed by atoms with E-state index in [1.165, 1.54) is 4.90 Å². The van der Waals surface area contributed by atoms with Crippen molar-refractivity contribution in [1.82, 2.24) is 35.5 Å². The molecule has 4 aliphatic heterocycles. The number of imidazole rings is 1. The summed E-state index contributed by atoms with van der Waals surface area (Å²) in [7, 11) is -10.7. The molecule has 46 heavy (non-hydrogen) atoms. The van der Waals surface area contributed by atoms with E-state index in [1.807, 2.05) is 0 Å². The minimum atomic E-state index is -5.36. The van der Waals surface area contributed by atoms with Crippen LogP contribution in [0.5, 0.6) is 11.5 Å². The molecule has 14 N–H and O–H groups in total. The number of rotatable bonds is 2. The molecular weight excluding hydrogens is 669 g/mol. The van der Waals surface area contributed by atoms with E-state index in [4.69, 9.17) is 38.7 Å². The fourth-order valence-corrected chi connectivity index (χ4v) is 6.53. The fraction of sp³-hybridized carbons (Fsp3) is 0.250. The summed E-state index contributed by atoms with van der Waals surface area (Å²) in [6, 6.07) is 0. The van der Waals surface area contributed by atoms with E-state index < -0.39 is 87.7 Å². The van der Waals surface area contributed by atoms with Gasteiger partial charge in [0.15, 0.2) is 0 Å². The average molecular weight is 694 g/mol. The Balaban J connectivity index is 1.27. The van der Waals surface area contributed by atoms with Crippen molar-refractivity contribution in [3.8, 4) is 11.5 Å². The quantitative estimate of drug-likeness (QED) is 0.0942. The van der Waals surface area contributed by atoms with Crippen LogP contribution >= 0.6 is 16.3 Å². The Morgan fingerprint density at radius 2 is 1.93 bits per heavy atom. The standard InChI is InChI=1S/C20H25FN10O13P2/c21-19-26-13(22)7-14(27-19)30(3-24-7)17-10(33)11-6(42-17)2-40-46(37,38)44-12-9(32)5(1-39-45(35,36)43-11)41-18(12)31-4-25-8-15(31)28-20(23)29-16(8)34/h1,4,9,14,19,24,26-27,32-33,35-38,45-46H,2-3,22H2,(H3,23,28,29,34)/b5-1+/t9-,14?,19?/m1/s1. The van der Waals surface area contributed by atoms with Crippen molar-refractivity contribution in [3.63, 3.8) is 0 Å². The van der Waals surface area contributed by atoms with Crippen LogP contribution in [0.3, 0.4) is 0 Å². The number of anilines is 2. The molecule has 2 bridgehead atoms. The first kappa shape index (κ1) is 30.0. The average Bonchev–Trinajstić information content (AvgIpc) is 3.72. The predicted molar refractivity (Wildman–Crippen MR) is 151 cm³/mol. The predicted octanol–water partition coefficient (Wildman–Crippen LogP) is -2.94. The third-order valence-electron chi connectivity index (χ3n) is 6.84. The molecule has 1 fully saturated rings. The summed E-state index contributed by atoms with van der Waals surface area (Å²) in [6.45, 7) is -1.05.